The van der Waals surface area contributed by atoms with Crippen molar-refractivity contribution in [3.05, 3.63) is 52.2 Å². The predicted octanol–water partition coefficient (Wildman–Crippen LogP) is 6.52. The summed E-state index contributed by atoms with van der Waals surface area (Å²) in [5.74, 6) is 0.805. The molecule has 1 unspecified atom stereocenters. The van der Waals surface area contributed by atoms with Crippen molar-refractivity contribution < 1.29 is 28.5 Å². The van der Waals surface area contributed by atoms with Gasteiger partial charge >= 0.3 is 5.97 Å². The van der Waals surface area contributed by atoms with Gasteiger partial charge in [-0.3, -0.25) is 9.69 Å². The van der Waals surface area contributed by atoms with Gasteiger partial charge in [0.1, 0.15) is 17.5 Å². The first-order chi connectivity index (χ1) is 24.2. The van der Waals surface area contributed by atoms with Crippen LogP contribution in [0, 0.1) is 5.41 Å². The number of aryl methyl sites for hydroxylation is 2. The summed E-state index contributed by atoms with van der Waals surface area (Å²) in [6, 6.07) is 7.91. The molecule has 1 saturated carbocycles. The number of aromatic nitrogens is 1. The van der Waals surface area contributed by atoms with Crippen molar-refractivity contribution in [3.63, 3.8) is 0 Å². The molecule has 4 aliphatic rings. The predicted molar refractivity (Wildman–Crippen MR) is 199 cm³/mol. The van der Waals surface area contributed by atoms with Gasteiger partial charge in [-0.1, -0.05) is 26.0 Å². The Kier molecular flexibility index (Phi) is 11.2. The first-order valence-electron chi connectivity index (χ1n) is 19.1. The van der Waals surface area contributed by atoms with Crippen LogP contribution in [0.1, 0.15) is 114 Å². The fourth-order valence-corrected chi connectivity index (χ4v) is 8.87. The van der Waals surface area contributed by atoms with Crippen LogP contribution >= 0.6 is 0 Å². The number of ether oxygens (including phenoxy) is 4. The largest absolute Gasteiger partial charge is 0.459 e. The normalized spacial score (nSPS) is 22.9. The summed E-state index contributed by atoms with van der Waals surface area (Å²) < 4.78 is 24.1. The van der Waals surface area contributed by atoms with Crippen LogP contribution in [-0.2, 0) is 53.4 Å². The molecule has 10 nitrogen and oxygen atoms in total. The van der Waals surface area contributed by atoms with E-state index in [2.05, 4.69) is 48.3 Å². The lowest BCUT2D eigenvalue weighted by molar-refractivity contribution is -0.162. The third kappa shape index (κ3) is 7.85. The van der Waals surface area contributed by atoms with E-state index in [1.807, 2.05) is 34.9 Å². The second-order valence-corrected chi connectivity index (χ2v) is 16.9. The Morgan fingerprint density at radius 3 is 2.67 bits per heavy atom. The maximum absolute atomic E-state index is 14.4. The summed E-state index contributed by atoms with van der Waals surface area (Å²) in [6.45, 7) is 13.4. The highest BCUT2D eigenvalue weighted by Gasteiger charge is 2.53. The van der Waals surface area contributed by atoms with Crippen LogP contribution in [0.15, 0.2) is 24.3 Å². The topological polar surface area (TPSA) is 102 Å². The van der Waals surface area contributed by atoms with Gasteiger partial charge in [-0.15, -0.1) is 0 Å². The van der Waals surface area contributed by atoms with E-state index >= 15 is 0 Å². The average Bonchev–Trinajstić information content (AvgIpc) is 3.49. The van der Waals surface area contributed by atoms with Gasteiger partial charge in [0.2, 0.25) is 5.91 Å². The van der Waals surface area contributed by atoms with E-state index in [9.17, 15) is 9.59 Å². The fraction of sp³-hybridized carbons (Fsp3) is 0.683. The molecule has 2 aromatic rings. The molecule has 1 spiro atoms. The number of amides is 1. The quantitative estimate of drug-likeness (QED) is 0.195. The van der Waals surface area contributed by atoms with Crippen molar-refractivity contribution in [1.29, 1.82) is 0 Å². The summed E-state index contributed by atoms with van der Waals surface area (Å²) in [5.41, 5.74) is 4.55. The highest BCUT2D eigenvalue weighted by molar-refractivity contribution is 6.09. The number of hydrogen-bond donors (Lipinski definition) is 1. The zero-order valence-corrected chi connectivity index (χ0v) is 32.2. The number of nitrogens with one attached hydrogen (secondary N) is 1. The van der Waals surface area contributed by atoms with E-state index in [0.717, 1.165) is 79.0 Å². The van der Waals surface area contributed by atoms with E-state index in [1.54, 1.807) is 12.0 Å². The molecule has 1 aromatic carbocycles. The van der Waals surface area contributed by atoms with Gasteiger partial charge in [-0.05, 0) is 120 Å². The summed E-state index contributed by atoms with van der Waals surface area (Å²) in [4.78, 5) is 37.3. The summed E-state index contributed by atoms with van der Waals surface area (Å²) in [6.07, 6.45) is 8.14. The minimum atomic E-state index is -0.724. The first-order valence-corrected chi connectivity index (χ1v) is 19.1. The number of carbonyl (C=O) groups excluding carboxylic acids is 2. The molecule has 0 bridgehead atoms. The Balaban J connectivity index is 1.21. The van der Waals surface area contributed by atoms with Crippen LogP contribution in [0.4, 0.5) is 11.5 Å². The first kappa shape index (κ1) is 37.7. The Hall–Kier alpha value is -3.05. The molecule has 280 valence electrons. The number of rotatable bonds is 12. The molecule has 3 aliphatic heterocycles. The van der Waals surface area contributed by atoms with Crippen molar-refractivity contribution >= 4 is 23.4 Å². The molecular formula is C41H60N4O6. The molecule has 1 saturated heterocycles. The number of nitrogens with zero attached hydrogens (tertiary/aromatic N) is 3. The molecule has 1 N–H and O–H groups in total. The van der Waals surface area contributed by atoms with Gasteiger partial charge in [0.05, 0.1) is 23.8 Å². The second-order valence-electron chi connectivity index (χ2n) is 16.9. The van der Waals surface area contributed by atoms with E-state index in [4.69, 9.17) is 23.9 Å². The van der Waals surface area contributed by atoms with Crippen molar-refractivity contribution in [1.82, 2.24) is 9.88 Å². The maximum Gasteiger partial charge on any atom is 0.328 e. The third-order valence-corrected chi connectivity index (χ3v) is 11.5. The van der Waals surface area contributed by atoms with Crippen LogP contribution in [0.5, 0.6) is 0 Å². The van der Waals surface area contributed by atoms with E-state index < -0.39 is 17.1 Å². The minimum absolute atomic E-state index is 0.0515. The molecular weight excluding hydrogens is 644 g/mol. The molecule has 1 amide bonds. The molecule has 2 fully saturated rings. The van der Waals surface area contributed by atoms with Crippen LogP contribution in [0.25, 0.3) is 0 Å². The molecule has 1 aromatic heterocycles. The van der Waals surface area contributed by atoms with Crippen LogP contribution < -0.4 is 10.2 Å². The SMILES string of the molecule is COCc1cc(C(C(=O)OC(C)(C)C)N(C)[C@@H]2C[C@@H](OCCCCc3ccc4c(n3)NCCC4)C(C)(C)C2)c2c(c1)C1(CCOCC1)C(=O)N2C. The number of fused-ring (bicyclic) bond motifs is 3. The molecule has 0 radical (unpaired) electrons. The van der Waals surface area contributed by atoms with E-state index in [-0.39, 0.29) is 29.4 Å². The smallest absolute Gasteiger partial charge is 0.328 e. The molecule has 10 heteroatoms. The van der Waals surface area contributed by atoms with Gasteiger partial charge in [-0.25, -0.2) is 9.78 Å². The van der Waals surface area contributed by atoms with E-state index in [1.165, 1.54) is 12.0 Å². The zero-order chi connectivity index (χ0) is 36.6. The number of hydrogen-bond acceptors (Lipinski definition) is 9. The van der Waals surface area contributed by atoms with Crippen molar-refractivity contribution in [2.75, 3.05) is 57.8 Å². The highest BCUT2D eigenvalue weighted by atomic mass is 16.6. The Morgan fingerprint density at radius 2 is 1.94 bits per heavy atom. The number of benzene rings is 1. The number of carbonyl (C=O) groups is 2. The Bertz CT molecular complexity index is 1580. The lowest BCUT2D eigenvalue weighted by Crippen LogP contribution is -2.43. The third-order valence-electron chi connectivity index (χ3n) is 11.5. The van der Waals surface area contributed by atoms with Crippen molar-refractivity contribution in [3.8, 4) is 0 Å². The molecule has 3 atom stereocenters. The number of unbranched alkanes of at least 4 members (excludes halogenated alkanes) is 1. The monoisotopic (exact) mass is 704 g/mol. The molecule has 6 rings (SSSR count). The fourth-order valence-electron chi connectivity index (χ4n) is 8.87. The zero-order valence-electron chi connectivity index (χ0n) is 32.2. The standard InChI is InChI=1S/C41H60N4O6/c1-39(2,3)51-37(46)35(31-22-27(26-48-8)23-32-34(31)45(7)38(47)41(32)16-20-49-21-17-41)44(6)30-24-33(40(4,5)25-30)50-19-10-9-13-29-15-14-28-12-11-18-42-36(28)43-29/h14-15,22-23,30,33,35H,9-13,16-21,24-26H2,1-8H3,(H,42,43)/t30-,33-,35?/m1/s1. The van der Waals surface area contributed by atoms with Crippen LogP contribution in [-0.4, -0.2) is 87.1 Å². The minimum Gasteiger partial charge on any atom is -0.459 e. The van der Waals surface area contributed by atoms with Crippen molar-refractivity contribution in [2.45, 2.75) is 128 Å². The van der Waals surface area contributed by atoms with Crippen LogP contribution in [0.2, 0.25) is 0 Å². The summed E-state index contributed by atoms with van der Waals surface area (Å²) in [7, 11) is 5.56. The number of methoxy groups -OCH3 is 1. The van der Waals surface area contributed by atoms with E-state index in [0.29, 0.717) is 39.3 Å². The van der Waals surface area contributed by atoms with Gasteiger partial charge in [-0.2, -0.15) is 0 Å². The Labute approximate surface area is 304 Å². The molecule has 1 aliphatic carbocycles. The summed E-state index contributed by atoms with van der Waals surface area (Å²) >= 11 is 0. The maximum atomic E-state index is 14.4. The lowest BCUT2D eigenvalue weighted by atomic mass is 9.74. The molecule has 51 heavy (non-hydrogen) atoms. The number of pyridine rings is 1. The van der Waals surface area contributed by atoms with Crippen molar-refractivity contribution in [2.24, 2.45) is 5.41 Å². The summed E-state index contributed by atoms with van der Waals surface area (Å²) in [5, 5.41) is 3.44. The number of likely N-dealkylation sites (N-methyl/N-ethyl adjacent to an activating group) is 2. The highest BCUT2D eigenvalue weighted by Crippen LogP contribution is 2.52. The lowest BCUT2D eigenvalue weighted by Gasteiger charge is -2.36. The number of esters is 1. The average molecular weight is 705 g/mol. The second kappa shape index (κ2) is 15.1. The van der Waals surface area contributed by atoms with Crippen LogP contribution in [0.3, 0.4) is 0 Å². The Morgan fingerprint density at radius 1 is 1.18 bits per heavy atom. The van der Waals surface area contributed by atoms with Gasteiger partial charge in [0.15, 0.2) is 0 Å². The van der Waals surface area contributed by atoms with Gasteiger partial charge in [0.25, 0.3) is 0 Å². The van der Waals surface area contributed by atoms with Gasteiger partial charge in [0, 0.05) is 57.8 Å². The molecule has 4 heterocycles. The number of anilines is 2. The van der Waals surface area contributed by atoms with Gasteiger partial charge < -0.3 is 29.2 Å².